The van der Waals surface area contributed by atoms with Gasteiger partial charge in [-0.2, -0.15) is 0 Å². The second-order valence-electron chi connectivity index (χ2n) is 4.84. The van der Waals surface area contributed by atoms with Crippen LogP contribution in [0.25, 0.3) is 0 Å². The van der Waals surface area contributed by atoms with Gasteiger partial charge in [0.05, 0.1) is 0 Å². The molecule has 0 saturated heterocycles. The van der Waals surface area contributed by atoms with Crippen LogP contribution in [0.4, 0.5) is 0 Å². The van der Waals surface area contributed by atoms with Crippen LogP contribution in [0.15, 0.2) is 47.4 Å². The number of ketones is 1. The van der Waals surface area contributed by atoms with E-state index in [0.29, 0.717) is 0 Å². The molecule has 0 amide bonds. The predicted molar refractivity (Wildman–Crippen MR) is 81.9 cm³/mol. The summed E-state index contributed by atoms with van der Waals surface area (Å²) in [5.74, 6) is 1.02. The fourth-order valence-electron chi connectivity index (χ4n) is 2.20. The number of carbonyl (C=O) groups excluding carboxylic acids is 1. The van der Waals surface area contributed by atoms with E-state index in [0.717, 1.165) is 16.2 Å². The third-order valence-electron chi connectivity index (χ3n) is 2.94. The number of aryl methyl sites for hydroxylation is 2. The molecule has 0 atom stereocenters. The van der Waals surface area contributed by atoms with Crippen LogP contribution in [0.2, 0.25) is 0 Å². The van der Waals surface area contributed by atoms with Gasteiger partial charge < -0.3 is 0 Å². The summed E-state index contributed by atoms with van der Waals surface area (Å²) in [6, 6.07) is 14.4. The smallest absolute Gasteiger partial charge is 0.160 e. The topological polar surface area (TPSA) is 17.1 Å². The Labute approximate surface area is 119 Å². The zero-order valence-corrected chi connectivity index (χ0v) is 12.4. The number of hydrogen-bond donors (Lipinski definition) is 0. The third-order valence-corrected chi connectivity index (χ3v) is 4.09. The van der Waals surface area contributed by atoms with Crippen LogP contribution in [-0.4, -0.2) is 5.78 Å². The van der Waals surface area contributed by atoms with Crippen molar-refractivity contribution < 1.29 is 4.79 Å². The summed E-state index contributed by atoms with van der Waals surface area (Å²) in [5.41, 5.74) is 4.70. The van der Waals surface area contributed by atoms with E-state index >= 15 is 0 Å². The van der Waals surface area contributed by atoms with Gasteiger partial charge >= 0.3 is 0 Å². The van der Waals surface area contributed by atoms with E-state index < -0.39 is 0 Å². The van der Waals surface area contributed by atoms with Crippen molar-refractivity contribution in [2.75, 3.05) is 0 Å². The van der Waals surface area contributed by atoms with E-state index in [2.05, 4.69) is 32.0 Å². The lowest BCUT2D eigenvalue weighted by atomic mass is 10.1. The minimum absolute atomic E-state index is 0.128. The lowest BCUT2D eigenvalue weighted by Crippen LogP contribution is -1.95. The van der Waals surface area contributed by atoms with Gasteiger partial charge in [0.25, 0.3) is 0 Å². The molecule has 0 radical (unpaired) electrons. The molecule has 0 aliphatic carbocycles. The Kier molecular flexibility index (Phi) is 4.43. The van der Waals surface area contributed by atoms with E-state index in [1.54, 1.807) is 18.7 Å². The maximum Gasteiger partial charge on any atom is 0.160 e. The lowest BCUT2D eigenvalue weighted by molar-refractivity contribution is 0.101. The first-order valence-corrected chi connectivity index (χ1v) is 7.35. The van der Waals surface area contributed by atoms with Crippen molar-refractivity contribution in [3.8, 4) is 0 Å². The molecule has 0 unspecified atom stereocenters. The summed E-state index contributed by atoms with van der Waals surface area (Å²) < 4.78 is 0. The van der Waals surface area contributed by atoms with E-state index in [9.17, 15) is 4.79 Å². The molecule has 2 aromatic rings. The number of thioether (sulfide) groups is 1. The highest BCUT2D eigenvalue weighted by molar-refractivity contribution is 7.98. The van der Waals surface area contributed by atoms with Gasteiger partial charge in [-0.25, -0.2) is 0 Å². The molecule has 2 rings (SSSR count). The van der Waals surface area contributed by atoms with Crippen molar-refractivity contribution >= 4 is 17.5 Å². The number of hydrogen-bond acceptors (Lipinski definition) is 2. The second kappa shape index (κ2) is 6.07. The lowest BCUT2D eigenvalue weighted by Gasteiger charge is -2.08. The summed E-state index contributed by atoms with van der Waals surface area (Å²) >= 11 is 1.73. The van der Waals surface area contributed by atoms with Gasteiger partial charge in [-0.05, 0) is 32.4 Å². The van der Waals surface area contributed by atoms with Crippen LogP contribution >= 0.6 is 11.8 Å². The predicted octanol–water partition coefficient (Wildman–Crippen LogP) is 4.80. The average Bonchev–Trinajstić information content (AvgIpc) is 2.35. The zero-order valence-electron chi connectivity index (χ0n) is 11.6. The van der Waals surface area contributed by atoms with E-state index in [-0.39, 0.29) is 5.78 Å². The monoisotopic (exact) mass is 270 g/mol. The van der Waals surface area contributed by atoms with Crippen LogP contribution in [0.5, 0.6) is 0 Å². The van der Waals surface area contributed by atoms with Gasteiger partial charge in [0.15, 0.2) is 5.78 Å². The maximum absolute atomic E-state index is 11.6. The van der Waals surface area contributed by atoms with Gasteiger partial charge in [0.1, 0.15) is 0 Å². The highest BCUT2D eigenvalue weighted by atomic mass is 32.2. The average molecular weight is 270 g/mol. The summed E-state index contributed by atoms with van der Waals surface area (Å²) in [5, 5.41) is 0. The van der Waals surface area contributed by atoms with Gasteiger partial charge in [-0.1, -0.05) is 47.5 Å². The minimum atomic E-state index is 0.128. The minimum Gasteiger partial charge on any atom is -0.294 e. The SMILES string of the molecule is CC(=O)c1ccccc1SCc1cc(C)cc(C)c1. The van der Waals surface area contributed by atoms with Crippen LogP contribution < -0.4 is 0 Å². The molecular weight excluding hydrogens is 252 g/mol. The maximum atomic E-state index is 11.6. The molecule has 0 fully saturated rings. The molecule has 2 aromatic carbocycles. The number of carbonyl (C=O) groups is 1. The highest BCUT2D eigenvalue weighted by Crippen LogP contribution is 2.27. The zero-order chi connectivity index (χ0) is 13.8. The van der Waals surface area contributed by atoms with Crippen molar-refractivity contribution in [1.29, 1.82) is 0 Å². The number of benzene rings is 2. The van der Waals surface area contributed by atoms with E-state index in [1.807, 2.05) is 24.3 Å². The standard InChI is InChI=1S/C17H18OS/c1-12-8-13(2)10-15(9-12)11-19-17-7-5-4-6-16(17)14(3)18/h4-10H,11H2,1-3H3. The van der Waals surface area contributed by atoms with Gasteiger partial charge in [-0.3, -0.25) is 4.79 Å². The Bertz CT molecular complexity index is 582. The first kappa shape index (κ1) is 13.9. The largest absolute Gasteiger partial charge is 0.294 e. The quantitative estimate of drug-likeness (QED) is 0.586. The van der Waals surface area contributed by atoms with Gasteiger partial charge in [0.2, 0.25) is 0 Å². The fraction of sp³-hybridized carbons (Fsp3) is 0.235. The molecule has 0 heterocycles. The molecule has 0 saturated carbocycles. The van der Waals surface area contributed by atoms with Crippen LogP contribution in [0, 0.1) is 13.8 Å². The molecule has 98 valence electrons. The van der Waals surface area contributed by atoms with Crippen molar-refractivity contribution in [2.24, 2.45) is 0 Å². The number of rotatable bonds is 4. The molecule has 0 aromatic heterocycles. The summed E-state index contributed by atoms with van der Waals surface area (Å²) in [7, 11) is 0. The van der Waals surface area contributed by atoms with Crippen molar-refractivity contribution in [3.05, 3.63) is 64.7 Å². The molecular formula is C17H18OS. The second-order valence-corrected chi connectivity index (χ2v) is 5.85. The highest BCUT2D eigenvalue weighted by Gasteiger charge is 2.07. The first-order valence-electron chi connectivity index (χ1n) is 6.36. The van der Waals surface area contributed by atoms with Crippen LogP contribution in [-0.2, 0) is 5.75 Å². The Morgan fingerprint density at radius 1 is 1.05 bits per heavy atom. The summed E-state index contributed by atoms with van der Waals surface area (Å²) in [6.45, 7) is 5.85. The van der Waals surface area contributed by atoms with Crippen molar-refractivity contribution in [3.63, 3.8) is 0 Å². The third kappa shape index (κ3) is 3.71. The Morgan fingerprint density at radius 2 is 1.68 bits per heavy atom. The summed E-state index contributed by atoms with van der Waals surface area (Å²) in [6.07, 6.45) is 0. The fourth-order valence-corrected chi connectivity index (χ4v) is 3.23. The molecule has 1 nitrogen and oxygen atoms in total. The Morgan fingerprint density at radius 3 is 2.32 bits per heavy atom. The molecule has 0 spiro atoms. The van der Waals surface area contributed by atoms with Crippen molar-refractivity contribution in [2.45, 2.75) is 31.4 Å². The number of Topliss-reactive ketones (excluding diaryl/α,β-unsaturated/α-hetero) is 1. The molecule has 0 bridgehead atoms. The normalized spacial score (nSPS) is 10.5. The van der Waals surface area contributed by atoms with Crippen LogP contribution in [0.3, 0.4) is 0 Å². The molecule has 19 heavy (non-hydrogen) atoms. The molecule has 2 heteroatoms. The van der Waals surface area contributed by atoms with Gasteiger partial charge in [0, 0.05) is 16.2 Å². The van der Waals surface area contributed by atoms with Gasteiger partial charge in [-0.15, -0.1) is 11.8 Å². The summed E-state index contributed by atoms with van der Waals surface area (Å²) in [4.78, 5) is 12.6. The molecule has 0 aliphatic heterocycles. The molecule has 0 N–H and O–H groups in total. The molecule has 0 aliphatic rings. The Hall–Kier alpha value is -1.54. The van der Waals surface area contributed by atoms with Crippen molar-refractivity contribution in [1.82, 2.24) is 0 Å². The van der Waals surface area contributed by atoms with E-state index in [4.69, 9.17) is 0 Å². The first-order chi connectivity index (χ1) is 9.06. The van der Waals surface area contributed by atoms with E-state index in [1.165, 1.54) is 16.7 Å². The van der Waals surface area contributed by atoms with Crippen LogP contribution in [0.1, 0.15) is 34.0 Å². The Balaban J connectivity index is 2.16.